The second-order valence-corrected chi connectivity index (χ2v) is 10.2. The zero-order valence-electron chi connectivity index (χ0n) is 27.6. The van der Waals surface area contributed by atoms with Gasteiger partial charge in [-0.3, -0.25) is 14.8 Å². The predicted octanol–water partition coefficient (Wildman–Crippen LogP) is 7.96. The highest BCUT2D eigenvalue weighted by Gasteiger charge is 2.19. The molecule has 0 unspecified atom stereocenters. The number of fused-ring (bicyclic) bond motifs is 1. The summed E-state index contributed by atoms with van der Waals surface area (Å²) < 4.78 is 11.8. The Kier molecular flexibility index (Phi) is 15.6. The van der Waals surface area contributed by atoms with Gasteiger partial charge in [0, 0.05) is 36.8 Å². The number of nitriles is 1. The molecule has 0 fully saturated rings. The first-order valence-electron chi connectivity index (χ1n) is 15.2. The molecule has 1 amide bonds. The van der Waals surface area contributed by atoms with E-state index in [1.165, 1.54) is 6.08 Å². The molecule has 0 aliphatic heterocycles. The van der Waals surface area contributed by atoms with Crippen molar-refractivity contribution < 1.29 is 14.3 Å². The Hall–Kier alpha value is -4.39. The molecule has 0 bridgehead atoms. The number of rotatable bonds is 14. The summed E-state index contributed by atoms with van der Waals surface area (Å²) in [5.74, 6) is 0.711. The summed E-state index contributed by atoms with van der Waals surface area (Å²) in [6, 6.07) is 11.2. The molecule has 2 aromatic carbocycles. The SMILES string of the molecule is CC.CC/C=C\C(COc1ccc(Nc2c(C#N)c(CC)nc3cc(OCC)c(NC(=O)/C=C/CN(C)C)cc23)cc1Cl)=NC. The first-order chi connectivity index (χ1) is 21.7. The van der Waals surface area contributed by atoms with Gasteiger partial charge in [0.25, 0.3) is 0 Å². The predicted molar refractivity (Wildman–Crippen MR) is 188 cm³/mol. The van der Waals surface area contributed by atoms with Crippen LogP contribution in [0.25, 0.3) is 10.9 Å². The molecule has 0 aliphatic rings. The number of hydrogen-bond acceptors (Lipinski definition) is 8. The number of amides is 1. The molecule has 240 valence electrons. The molecule has 1 heterocycles. The van der Waals surface area contributed by atoms with Crippen molar-refractivity contribution in [2.45, 2.75) is 47.5 Å². The molecule has 9 nitrogen and oxygen atoms in total. The third-order valence-corrected chi connectivity index (χ3v) is 6.61. The molecule has 0 spiro atoms. The van der Waals surface area contributed by atoms with Crippen molar-refractivity contribution in [1.29, 1.82) is 5.26 Å². The van der Waals surface area contributed by atoms with Gasteiger partial charge in [-0.05, 0) is 64.2 Å². The molecular weight excluding hydrogens is 588 g/mol. The van der Waals surface area contributed by atoms with E-state index in [9.17, 15) is 10.1 Å². The number of aliphatic imine (C=N–C) groups is 1. The second kappa shape index (κ2) is 19.1. The third-order valence-electron chi connectivity index (χ3n) is 6.32. The van der Waals surface area contributed by atoms with Crippen molar-refractivity contribution in [2.75, 3.05) is 51.5 Å². The summed E-state index contributed by atoms with van der Waals surface area (Å²) in [6.45, 7) is 11.2. The van der Waals surface area contributed by atoms with E-state index in [-0.39, 0.29) is 12.5 Å². The standard InChI is InChI=1S/C33H39ClN6O3.C2H6/c1-7-10-12-23(36-4)21-43-30-15-14-22(17-26(30)34)37-33-24-18-29(39-32(41)13-11-16-40(5)6)31(42-9-3)19-28(24)38-27(8-2)25(33)20-35;1-2/h10-15,17-19H,7-9,16,21H2,1-6H3,(H,37,38)(H,39,41);1-2H3/b12-10-,13-11+,36-23?;. The molecule has 10 heteroatoms. The van der Waals surface area contributed by atoms with Gasteiger partial charge in [0.05, 0.1) is 45.5 Å². The van der Waals surface area contributed by atoms with Crippen LogP contribution in [0.5, 0.6) is 11.5 Å². The molecule has 3 aromatic rings. The molecule has 45 heavy (non-hydrogen) atoms. The van der Waals surface area contributed by atoms with E-state index in [0.717, 1.165) is 12.1 Å². The number of benzene rings is 2. The highest BCUT2D eigenvalue weighted by molar-refractivity contribution is 6.32. The van der Waals surface area contributed by atoms with Crippen LogP contribution in [0.15, 0.2) is 59.6 Å². The maximum Gasteiger partial charge on any atom is 0.248 e. The van der Waals surface area contributed by atoms with Crippen molar-refractivity contribution >= 4 is 51.2 Å². The number of nitrogens with one attached hydrogen (secondary N) is 2. The maximum absolute atomic E-state index is 12.7. The van der Waals surface area contributed by atoms with Crippen molar-refractivity contribution in [3.05, 3.63) is 70.9 Å². The van der Waals surface area contributed by atoms with Crippen LogP contribution in [0.4, 0.5) is 17.1 Å². The van der Waals surface area contributed by atoms with Gasteiger partial charge in [0.2, 0.25) is 5.91 Å². The molecule has 3 rings (SSSR count). The fourth-order valence-corrected chi connectivity index (χ4v) is 4.43. The molecule has 2 N–H and O–H groups in total. The zero-order chi connectivity index (χ0) is 33.4. The fraction of sp³-hybridized carbons (Fsp3) is 0.371. The zero-order valence-corrected chi connectivity index (χ0v) is 28.4. The van der Waals surface area contributed by atoms with Crippen molar-refractivity contribution in [3.8, 4) is 17.6 Å². The topological polar surface area (TPSA) is 112 Å². The summed E-state index contributed by atoms with van der Waals surface area (Å²) in [7, 11) is 5.57. The number of carbonyl (C=O) groups excluding carboxylic acids is 1. The quantitative estimate of drug-likeness (QED) is 0.137. The Morgan fingerprint density at radius 2 is 1.84 bits per heavy atom. The summed E-state index contributed by atoms with van der Waals surface area (Å²) in [4.78, 5) is 23.7. The molecular formula is C35H45ClN6O3. The number of carbonyl (C=O) groups is 1. The minimum atomic E-state index is -0.292. The number of hydrogen-bond donors (Lipinski definition) is 2. The Morgan fingerprint density at radius 3 is 2.44 bits per heavy atom. The Morgan fingerprint density at radius 1 is 1.09 bits per heavy atom. The largest absolute Gasteiger partial charge is 0.492 e. The van der Waals surface area contributed by atoms with E-state index in [2.05, 4.69) is 28.6 Å². The Balaban J connectivity index is 0.00000345. The normalized spacial score (nSPS) is 11.4. The van der Waals surface area contributed by atoms with Crippen LogP contribution in [-0.4, -0.2) is 62.4 Å². The van der Waals surface area contributed by atoms with E-state index < -0.39 is 0 Å². The lowest BCUT2D eigenvalue weighted by molar-refractivity contribution is -0.111. The monoisotopic (exact) mass is 632 g/mol. The molecule has 0 saturated carbocycles. The van der Waals surface area contributed by atoms with E-state index in [0.29, 0.717) is 75.3 Å². The van der Waals surface area contributed by atoms with Crippen molar-refractivity contribution in [1.82, 2.24) is 9.88 Å². The minimum absolute atomic E-state index is 0.286. The van der Waals surface area contributed by atoms with Gasteiger partial charge in [-0.1, -0.05) is 51.4 Å². The Labute approximate surface area is 272 Å². The first-order valence-corrected chi connectivity index (χ1v) is 15.6. The van der Waals surface area contributed by atoms with E-state index in [1.807, 2.05) is 64.9 Å². The summed E-state index contributed by atoms with van der Waals surface area (Å²) in [5, 5.41) is 17.5. The summed E-state index contributed by atoms with van der Waals surface area (Å²) in [6.07, 6.45) is 8.67. The van der Waals surface area contributed by atoms with Crippen molar-refractivity contribution in [3.63, 3.8) is 0 Å². The lowest BCUT2D eigenvalue weighted by Crippen LogP contribution is -2.13. The van der Waals surface area contributed by atoms with Gasteiger partial charge in [0.15, 0.2) is 0 Å². The third kappa shape index (κ3) is 10.6. The van der Waals surface area contributed by atoms with Gasteiger partial charge in [-0.15, -0.1) is 0 Å². The Bertz CT molecular complexity index is 1570. The number of allylic oxidation sites excluding steroid dienone is 1. The summed E-state index contributed by atoms with van der Waals surface area (Å²) in [5.41, 5.74) is 4.16. The molecule has 0 atom stereocenters. The van der Waals surface area contributed by atoms with Crippen LogP contribution < -0.4 is 20.1 Å². The smallest absolute Gasteiger partial charge is 0.248 e. The van der Waals surface area contributed by atoms with Crippen LogP contribution in [-0.2, 0) is 11.2 Å². The minimum Gasteiger partial charge on any atom is -0.492 e. The summed E-state index contributed by atoms with van der Waals surface area (Å²) >= 11 is 6.60. The van der Waals surface area contributed by atoms with Crippen LogP contribution >= 0.6 is 11.6 Å². The highest BCUT2D eigenvalue weighted by atomic mass is 35.5. The number of aromatic nitrogens is 1. The van der Waals surface area contributed by atoms with E-state index in [4.69, 9.17) is 26.1 Å². The van der Waals surface area contributed by atoms with E-state index >= 15 is 0 Å². The second-order valence-electron chi connectivity index (χ2n) is 9.81. The lowest BCUT2D eigenvalue weighted by atomic mass is 10.0. The first kappa shape index (κ1) is 36.8. The fourth-order valence-electron chi connectivity index (χ4n) is 4.20. The van der Waals surface area contributed by atoms with Gasteiger partial charge < -0.3 is 25.0 Å². The maximum atomic E-state index is 12.7. The lowest BCUT2D eigenvalue weighted by Gasteiger charge is -2.18. The average Bonchev–Trinajstić information content (AvgIpc) is 3.03. The van der Waals surface area contributed by atoms with Crippen LogP contribution in [0, 0.1) is 11.3 Å². The van der Waals surface area contributed by atoms with Gasteiger partial charge in [0.1, 0.15) is 24.2 Å². The molecule has 0 aliphatic carbocycles. The average molecular weight is 633 g/mol. The number of aryl methyl sites for hydroxylation is 1. The van der Waals surface area contributed by atoms with E-state index in [1.54, 1.807) is 37.4 Å². The van der Waals surface area contributed by atoms with Gasteiger partial charge in [-0.2, -0.15) is 5.26 Å². The van der Waals surface area contributed by atoms with Crippen LogP contribution in [0.2, 0.25) is 5.02 Å². The van der Waals surface area contributed by atoms with Crippen molar-refractivity contribution in [2.24, 2.45) is 4.99 Å². The number of anilines is 3. The number of nitrogens with zero attached hydrogens (tertiary/aromatic N) is 4. The van der Waals surface area contributed by atoms with Gasteiger partial charge in [-0.25, -0.2) is 0 Å². The molecule has 0 saturated heterocycles. The highest BCUT2D eigenvalue weighted by Crippen LogP contribution is 2.38. The number of pyridine rings is 1. The number of halogens is 1. The van der Waals surface area contributed by atoms with Crippen LogP contribution in [0.1, 0.15) is 52.3 Å². The van der Waals surface area contributed by atoms with Crippen LogP contribution in [0.3, 0.4) is 0 Å². The molecule has 0 radical (unpaired) electrons. The number of ether oxygens (including phenoxy) is 2. The molecule has 1 aromatic heterocycles. The number of likely N-dealkylation sites (N-methyl/N-ethyl adjacent to an activating group) is 1. The van der Waals surface area contributed by atoms with Gasteiger partial charge >= 0.3 is 0 Å².